The van der Waals surface area contributed by atoms with Gasteiger partial charge in [-0.25, -0.2) is 4.79 Å². The van der Waals surface area contributed by atoms with Crippen molar-refractivity contribution in [3.8, 4) is 0 Å². The zero-order chi connectivity index (χ0) is 25.1. The molecule has 0 saturated carbocycles. The lowest BCUT2D eigenvalue weighted by Gasteiger charge is -2.27. The molecule has 10 nitrogen and oxygen atoms in total. The number of amides is 3. The molecule has 0 unspecified atom stereocenters. The summed E-state index contributed by atoms with van der Waals surface area (Å²) in [6, 6.07) is 17.3. The highest BCUT2D eigenvalue weighted by molar-refractivity contribution is 6.22. The fourth-order valence-electron chi connectivity index (χ4n) is 3.67. The molecule has 0 aliphatic carbocycles. The van der Waals surface area contributed by atoms with Gasteiger partial charge < -0.3 is 4.74 Å². The van der Waals surface area contributed by atoms with E-state index in [4.69, 9.17) is 4.74 Å². The third kappa shape index (κ3) is 4.49. The number of hydrogen-bond acceptors (Lipinski definition) is 7. The molecule has 0 spiro atoms. The largest absolute Gasteiger partial charge is 0.462 e. The number of nitro benzene ring substituents is 1. The standard InChI is InChI=1S/C25H19N3O7/c1-2-35-25(32)16-10-12-18(13-11-16)26(22(29)17-6-5-7-19(14-17)28(33)34)15-27-23(30)20-8-3-4-9-21(20)24(27)31/h3-14H,2,15H2,1H3. The summed E-state index contributed by atoms with van der Waals surface area (Å²) in [5.74, 6) is -2.35. The summed E-state index contributed by atoms with van der Waals surface area (Å²) >= 11 is 0. The van der Waals surface area contributed by atoms with Crippen LogP contribution in [-0.4, -0.2) is 46.8 Å². The highest BCUT2D eigenvalue weighted by Crippen LogP contribution is 2.26. The van der Waals surface area contributed by atoms with E-state index < -0.39 is 35.3 Å². The van der Waals surface area contributed by atoms with Crippen molar-refractivity contribution >= 4 is 35.1 Å². The molecule has 1 aliphatic rings. The number of carbonyl (C=O) groups excluding carboxylic acids is 4. The van der Waals surface area contributed by atoms with Crippen molar-refractivity contribution in [3.63, 3.8) is 0 Å². The zero-order valence-electron chi connectivity index (χ0n) is 18.5. The van der Waals surface area contributed by atoms with E-state index in [1.165, 1.54) is 54.6 Å². The van der Waals surface area contributed by atoms with Crippen molar-refractivity contribution in [1.82, 2.24) is 4.90 Å². The maximum atomic E-state index is 13.5. The van der Waals surface area contributed by atoms with Gasteiger partial charge in [-0.3, -0.25) is 34.3 Å². The van der Waals surface area contributed by atoms with Crippen LogP contribution in [0.15, 0.2) is 72.8 Å². The van der Waals surface area contributed by atoms with E-state index >= 15 is 0 Å². The second-order valence-corrected chi connectivity index (χ2v) is 7.53. The number of imide groups is 1. The molecule has 3 aromatic rings. The predicted octanol–water partition coefficient (Wildman–Crippen LogP) is 3.67. The number of nitro groups is 1. The summed E-state index contributed by atoms with van der Waals surface area (Å²) in [7, 11) is 0. The van der Waals surface area contributed by atoms with E-state index in [1.54, 1.807) is 19.1 Å². The van der Waals surface area contributed by atoms with Crippen LogP contribution in [0.25, 0.3) is 0 Å². The Bertz CT molecular complexity index is 1320. The Kier molecular flexibility index (Phi) is 6.36. The van der Waals surface area contributed by atoms with Crippen LogP contribution < -0.4 is 4.90 Å². The monoisotopic (exact) mass is 473 g/mol. The highest BCUT2D eigenvalue weighted by Gasteiger charge is 2.37. The predicted molar refractivity (Wildman–Crippen MR) is 124 cm³/mol. The van der Waals surface area contributed by atoms with E-state index in [-0.39, 0.29) is 40.2 Å². The van der Waals surface area contributed by atoms with Gasteiger partial charge >= 0.3 is 5.97 Å². The SMILES string of the molecule is CCOC(=O)c1ccc(N(CN2C(=O)c3ccccc3C2=O)C(=O)c2cccc([N+](=O)[O-])c2)cc1. The average Bonchev–Trinajstić information content (AvgIpc) is 3.12. The van der Waals surface area contributed by atoms with Crippen molar-refractivity contribution in [3.05, 3.63) is 105 Å². The van der Waals surface area contributed by atoms with E-state index in [2.05, 4.69) is 0 Å². The maximum absolute atomic E-state index is 13.5. The van der Waals surface area contributed by atoms with E-state index in [0.717, 1.165) is 15.9 Å². The Labute approximate surface area is 199 Å². The van der Waals surface area contributed by atoms with Crippen LogP contribution in [0.3, 0.4) is 0 Å². The molecule has 10 heteroatoms. The number of rotatable bonds is 7. The van der Waals surface area contributed by atoms with E-state index in [0.29, 0.717) is 0 Å². The summed E-state index contributed by atoms with van der Waals surface area (Å²) in [5, 5.41) is 11.2. The summed E-state index contributed by atoms with van der Waals surface area (Å²) in [5.41, 5.74) is 0.667. The molecule has 4 rings (SSSR count). The first-order valence-electron chi connectivity index (χ1n) is 10.6. The minimum Gasteiger partial charge on any atom is -0.462 e. The summed E-state index contributed by atoms with van der Waals surface area (Å²) in [4.78, 5) is 64.0. The summed E-state index contributed by atoms with van der Waals surface area (Å²) < 4.78 is 4.97. The lowest BCUT2D eigenvalue weighted by molar-refractivity contribution is -0.384. The maximum Gasteiger partial charge on any atom is 0.338 e. The first kappa shape index (κ1) is 23.3. The number of hydrogen-bond donors (Lipinski definition) is 0. The van der Waals surface area contributed by atoms with Crippen molar-refractivity contribution in [2.75, 3.05) is 18.2 Å². The molecular formula is C25H19N3O7. The molecular weight excluding hydrogens is 454 g/mol. The van der Waals surface area contributed by atoms with Gasteiger partial charge in [0.1, 0.15) is 6.67 Å². The molecule has 3 aromatic carbocycles. The smallest absolute Gasteiger partial charge is 0.338 e. The summed E-state index contributed by atoms with van der Waals surface area (Å²) in [6.45, 7) is 1.43. The quantitative estimate of drug-likeness (QED) is 0.222. The first-order valence-corrected chi connectivity index (χ1v) is 10.6. The van der Waals surface area contributed by atoms with Gasteiger partial charge in [-0.15, -0.1) is 0 Å². The number of esters is 1. The highest BCUT2D eigenvalue weighted by atomic mass is 16.6. The number of non-ortho nitro benzene ring substituents is 1. The summed E-state index contributed by atoms with van der Waals surface area (Å²) in [6.07, 6.45) is 0. The van der Waals surface area contributed by atoms with Crippen molar-refractivity contribution in [2.45, 2.75) is 6.92 Å². The van der Waals surface area contributed by atoms with Gasteiger partial charge in [0.15, 0.2) is 0 Å². The average molecular weight is 473 g/mol. The molecule has 35 heavy (non-hydrogen) atoms. The van der Waals surface area contributed by atoms with Crippen LogP contribution in [0.1, 0.15) is 48.4 Å². The molecule has 0 fully saturated rings. The van der Waals surface area contributed by atoms with Crippen LogP contribution in [0.5, 0.6) is 0 Å². The molecule has 1 heterocycles. The topological polar surface area (TPSA) is 127 Å². The molecule has 0 bridgehead atoms. The zero-order valence-corrected chi connectivity index (χ0v) is 18.5. The minimum atomic E-state index is -0.672. The molecule has 0 radical (unpaired) electrons. The molecule has 0 N–H and O–H groups in total. The Balaban J connectivity index is 1.71. The molecule has 176 valence electrons. The second-order valence-electron chi connectivity index (χ2n) is 7.53. The fraction of sp³-hybridized carbons (Fsp3) is 0.120. The molecule has 0 saturated heterocycles. The van der Waals surface area contributed by atoms with Gasteiger partial charge in [0.05, 0.1) is 28.2 Å². The number of anilines is 1. The normalized spacial score (nSPS) is 12.3. The number of ether oxygens (including phenoxy) is 1. The Morgan fingerprint density at radius 3 is 2.11 bits per heavy atom. The van der Waals surface area contributed by atoms with Crippen LogP contribution >= 0.6 is 0 Å². The second kappa shape index (κ2) is 9.56. The Morgan fingerprint density at radius 2 is 1.54 bits per heavy atom. The van der Waals surface area contributed by atoms with Gasteiger partial charge in [0.2, 0.25) is 0 Å². The Hall–Kier alpha value is -4.86. The third-order valence-corrected chi connectivity index (χ3v) is 5.40. The fourth-order valence-corrected chi connectivity index (χ4v) is 3.67. The van der Waals surface area contributed by atoms with Gasteiger partial charge in [0, 0.05) is 23.4 Å². The molecule has 1 aliphatic heterocycles. The third-order valence-electron chi connectivity index (χ3n) is 5.40. The molecule has 3 amide bonds. The van der Waals surface area contributed by atoms with Crippen LogP contribution in [-0.2, 0) is 4.74 Å². The van der Waals surface area contributed by atoms with Crippen LogP contribution in [0.2, 0.25) is 0 Å². The Morgan fingerprint density at radius 1 is 0.914 bits per heavy atom. The minimum absolute atomic E-state index is 0.00900. The van der Waals surface area contributed by atoms with Crippen LogP contribution in [0.4, 0.5) is 11.4 Å². The van der Waals surface area contributed by atoms with Crippen molar-refractivity contribution in [1.29, 1.82) is 0 Å². The van der Waals surface area contributed by atoms with Crippen molar-refractivity contribution in [2.24, 2.45) is 0 Å². The lowest BCUT2D eigenvalue weighted by Crippen LogP contribution is -2.44. The number of benzene rings is 3. The number of carbonyl (C=O) groups is 4. The van der Waals surface area contributed by atoms with Gasteiger partial charge in [0.25, 0.3) is 23.4 Å². The first-order chi connectivity index (χ1) is 16.8. The van der Waals surface area contributed by atoms with E-state index in [1.807, 2.05) is 0 Å². The molecule has 0 aromatic heterocycles. The molecule has 0 atom stereocenters. The number of fused-ring (bicyclic) bond motifs is 1. The number of nitrogens with zero attached hydrogens (tertiary/aromatic N) is 3. The van der Waals surface area contributed by atoms with Gasteiger partial charge in [-0.1, -0.05) is 18.2 Å². The van der Waals surface area contributed by atoms with E-state index in [9.17, 15) is 29.3 Å². The van der Waals surface area contributed by atoms with Crippen LogP contribution in [0, 0.1) is 10.1 Å². The van der Waals surface area contributed by atoms with Gasteiger partial charge in [-0.05, 0) is 49.4 Å². The van der Waals surface area contributed by atoms with Crippen molar-refractivity contribution < 1.29 is 28.8 Å². The lowest BCUT2D eigenvalue weighted by atomic mass is 10.1. The van der Waals surface area contributed by atoms with Gasteiger partial charge in [-0.2, -0.15) is 0 Å².